The summed E-state index contributed by atoms with van der Waals surface area (Å²) in [5.74, 6) is -1.36. The van der Waals surface area contributed by atoms with Crippen LogP contribution in [0.5, 0.6) is 0 Å². The molecule has 0 bridgehead atoms. The molecule has 0 aliphatic heterocycles. The number of rotatable bonds is 3. The predicted molar refractivity (Wildman–Crippen MR) is 114 cm³/mol. The fourth-order valence-electron chi connectivity index (χ4n) is 6.36. The van der Waals surface area contributed by atoms with Crippen molar-refractivity contribution in [1.82, 2.24) is 0 Å². The molecule has 174 valence electrons. The molecule has 31 heavy (non-hydrogen) atoms. The van der Waals surface area contributed by atoms with Gasteiger partial charge in [-0.2, -0.15) is 0 Å². The number of hydrogen-bond acceptors (Lipinski definition) is 7. The zero-order valence-electron chi connectivity index (χ0n) is 19.4. The highest BCUT2D eigenvalue weighted by atomic mass is 16.6. The van der Waals surface area contributed by atoms with Gasteiger partial charge in [0, 0.05) is 24.7 Å². The van der Waals surface area contributed by atoms with E-state index in [-0.39, 0.29) is 12.3 Å². The first-order valence-electron chi connectivity index (χ1n) is 11.0. The van der Waals surface area contributed by atoms with E-state index in [0.29, 0.717) is 36.0 Å². The average Bonchev–Trinajstić information content (AvgIpc) is 2.84. The topological polar surface area (TPSA) is 113 Å². The molecule has 2 saturated carbocycles. The van der Waals surface area contributed by atoms with Crippen molar-refractivity contribution in [3.8, 4) is 0 Å². The lowest BCUT2D eigenvalue weighted by molar-refractivity contribution is -0.177. The third-order valence-electron chi connectivity index (χ3n) is 8.13. The molecule has 3 rings (SSSR count). The maximum absolute atomic E-state index is 12.2. The Kier molecular flexibility index (Phi) is 5.96. The molecular formula is C24H36O7. The molecule has 0 amide bonds. The van der Waals surface area contributed by atoms with E-state index in [1.54, 1.807) is 20.8 Å². The van der Waals surface area contributed by atoms with Crippen LogP contribution < -0.4 is 0 Å². The number of aliphatic hydroxyl groups excluding tert-OH is 2. The van der Waals surface area contributed by atoms with Crippen molar-refractivity contribution in [2.75, 3.05) is 0 Å². The molecule has 7 atom stereocenters. The molecule has 0 heterocycles. The standard InChI is InChI=1S/C24H36O7/c1-12-16-10-24(22(5,6)29)11-18(28)13(2)19(24)20(30-14(3)25)21(31-15(4)26)23(16,7)9-8-17(12)27/h16-18,20-21,27-29H,1,8-11H2,2-7H3/t16-,17+,18+,20-,21+,23-,24-/m1/s1. The molecule has 3 aliphatic carbocycles. The molecule has 0 radical (unpaired) electrons. The highest BCUT2D eigenvalue weighted by Gasteiger charge is 2.65. The van der Waals surface area contributed by atoms with Crippen LogP contribution in [0.2, 0.25) is 0 Å². The number of aliphatic hydroxyl groups is 3. The molecular weight excluding hydrogens is 400 g/mol. The third-order valence-corrected chi connectivity index (χ3v) is 8.13. The Labute approximate surface area is 184 Å². The summed E-state index contributed by atoms with van der Waals surface area (Å²) < 4.78 is 11.7. The van der Waals surface area contributed by atoms with Gasteiger partial charge in [-0.1, -0.05) is 13.5 Å². The molecule has 0 saturated heterocycles. The van der Waals surface area contributed by atoms with Crippen LogP contribution in [0.4, 0.5) is 0 Å². The molecule has 7 nitrogen and oxygen atoms in total. The largest absolute Gasteiger partial charge is 0.458 e. The van der Waals surface area contributed by atoms with Gasteiger partial charge in [0.25, 0.3) is 0 Å². The lowest BCUT2D eigenvalue weighted by Gasteiger charge is -2.50. The zero-order chi connectivity index (χ0) is 23.5. The van der Waals surface area contributed by atoms with Crippen molar-refractivity contribution in [2.45, 2.75) is 97.2 Å². The Morgan fingerprint density at radius 3 is 2.19 bits per heavy atom. The van der Waals surface area contributed by atoms with Gasteiger partial charge in [0.1, 0.15) is 6.10 Å². The first-order chi connectivity index (χ1) is 14.2. The number of ether oxygens (including phenoxy) is 2. The second-order valence-electron chi connectivity index (χ2n) is 10.4. The Morgan fingerprint density at radius 1 is 1.10 bits per heavy atom. The minimum Gasteiger partial charge on any atom is -0.458 e. The quantitative estimate of drug-likeness (QED) is 0.460. The van der Waals surface area contributed by atoms with Crippen molar-refractivity contribution in [2.24, 2.45) is 16.7 Å². The van der Waals surface area contributed by atoms with Crippen LogP contribution in [0.3, 0.4) is 0 Å². The highest BCUT2D eigenvalue weighted by Crippen LogP contribution is 2.64. The summed E-state index contributed by atoms with van der Waals surface area (Å²) in [4.78, 5) is 24.4. The smallest absolute Gasteiger partial charge is 0.303 e. The summed E-state index contributed by atoms with van der Waals surface area (Å²) in [7, 11) is 0. The van der Waals surface area contributed by atoms with E-state index in [1.165, 1.54) is 13.8 Å². The van der Waals surface area contributed by atoms with Crippen LogP contribution in [-0.2, 0) is 19.1 Å². The van der Waals surface area contributed by atoms with Gasteiger partial charge in [0.05, 0.1) is 17.8 Å². The third kappa shape index (κ3) is 3.64. The van der Waals surface area contributed by atoms with Crippen LogP contribution in [0.25, 0.3) is 0 Å². The second kappa shape index (κ2) is 7.71. The van der Waals surface area contributed by atoms with Gasteiger partial charge >= 0.3 is 11.9 Å². The Bertz CT molecular complexity index is 822. The molecule has 0 aromatic heterocycles. The zero-order valence-corrected chi connectivity index (χ0v) is 19.4. The Hall–Kier alpha value is -1.70. The van der Waals surface area contributed by atoms with E-state index < -0.39 is 52.8 Å². The summed E-state index contributed by atoms with van der Waals surface area (Å²) in [6, 6.07) is 0. The van der Waals surface area contributed by atoms with Gasteiger partial charge in [-0.3, -0.25) is 9.59 Å². The molecule has 3 aliphatic rings. The van der Waals surface area contributed by atoms with Gasteiger partial charge in [0.2, 0.25) is 0 Å². The summed E-state index contributed by atoms with van der Waals surface area (Å²) in [5, 5.41) is 32.9. The van der Waals surface area contributed by atoms with E-state index in [9.17, 15) is 24.9 Å². The second-order valence-corrected chi connectivity index (χ2v) is 10.4. The Balaban J connectivity index is 2.35. The Morgan fingerprint density at radius 2 is 1.68 bits per heavy atom. The highest BCUT2D eigenvalue weighted by molar-refractivity contribution is 5.68. The average molecular weight is 437 g/mol. The van der Waals surface area contributed by atoms with Gasteiger partial charge in [0.15, 0.2) is 6.10 Å². The fourth-order valence-corrected chi connectivity index (χ4v) is 6.36. The van der Waals surface area contributed by atoms with Crippen LogP contribution in [-0.4, -0.2) is 57.3 Å². The lowest BCUT2D eigenvalue weighted by atomic mass is 9.57. The van der Waals surface area contributed by atoms with Crippen molar-refractivity contribution in [1.29, 1.82) is 0 Å². The maximum atomic E-state index is 12.2. The first kappa shape index (κ1) is 24.0. The SMILES string of the molecule is C=C1[C@H]2C[C@@]3(C(C)(C)O)C[C@H](O)C(C)=C3[C@@H](OC(C)=O)[C@H](OC(C)=O)[C@]2(C)CC[C@@H]1O. The normalized spacial score (nSPS) is 40.7. The van der Waals surface area contributed by atoms with E-state index in [1.807, 2.05) is 6.92 Å². The molecule has 2 fully saturated rings. The monoisotopic (exact) mass is 436 g/mol. The van der Waals surface area contributed by atoms with Crippen LogP contribution >= 0.6 is 0 Å². The molecule has 0 aromatic rings. The van der Waals surface area contributed by atoms with E-state index in [2.05, 4.69) is 6.58 Å². The van der Waals surface area contributed by atoms with Gasteiger partial charge in [-0.15, -0.1) is 0 Å². The molecule has 7 heteroatoms. The van der Waals surface area contributed by atoms with Crippen molar-refractivity contribution < 1.29 is 34.4 Å². The minimum absolute atomic E-state index is 0.248. The summed E-state index contributed by atoms with van der Waals surface area (Å²) >= 11 is 0. The van der Waals surface area contributed by atoms with E-state index >= 15 is 0 Å². The van der Waals surface area contributed by atoms with Gasteiger partial charge < -0.3 is 24.8 Å². The van der Waals surface area contributed by atoms with Crippen LogP contribution in [0.15, 0.2) is 23.3 Å². The first-order valence-corrected chi connectivity index (χ1v) is 11.0. The van der Waals surface area contributed by atoms with Crippen LogP contribution in [0.1, 0.15) is 67.2 Å². The summed E-state index contributed by atoms with van der Waals surface area (Å²) in [6.07, 6.45) is -1.72. The molecule has 3 N–H and O–H groups in total. The number of carbonyl (C=O) groups excluding carboxylic acids is 2. The maximum Gasteiger partial charge on any atom is 0.303 e. The van der Waals surface area contributed by atoms with Crippen molar-refractivity contribution in [3.63, 3.8) is 0 Å². The van der Waals surface area contributed by atoms with E-state index in [4.69, 9.17) is 9.47 Å². The summed E-state index contributed by atoms with van der Waals surface area (Å²) in [6.45, 7) is 13.9. The lowest BCUT2D eigenvalue weighted by Crippen LogP contribution is -2.52. The van der Waals surface area contributed by atoms with Crippen molar-refractivity contribution in [3.05, 3.63) is 23.3 Å². The van der Waals surface area contributed by atoms with Gasteiger partial charge in [-0.25, -0.2) is 0 Å². The fraction of sp³-hybridized carbons (Fsp3) is 0.750. The predicted octanol–water partition coefficient (Wildman–Crippen LogP) is 2.43. The number of esters is 2. The molecule has 0 aromatic carbocycles. The van der Waals surface area contributed by atoms with E-state index in [0.717, 1.165) is 0 Å². The minimum atomic E-state index is -1.28. The number of hydrogen-bond donors (Lipinski definition) is 3. The van der Waals surface area contributed by atoms with Crippen molar-refractivity contribution >= 4 is 11.9 Å². The number of fused-ring (bicyclic) bond motifs is 2. The molecule has 0 unspecified atom stereocenters. The van der Waals surface area contributed by atoms with Gasteiger partial charge in [-0.05, 0) is 69.1 Å². The molecule has 0 spiro atoms. The van der Waals surface area contributed by atoms with Crippen LogP contribution in [0, 0.1) is 16.7 Å². The number of carbonyl (C=O) groups is 2. The summed E-state index contributed by atoms with van der Waals surface area (Å²) in [5.41, 5.74) is -1.05.